The van der Waals surface area contributed by atoms with Gasteiger partial charge in [0.25, 0.3) is 0 Å². The molecule has 0 spiro atoms. The summed E-state index contributed by atoms with van der Waals surface area (Å²) in [6.45, 7) is 6.64. The van der Waals surface area contributed by atoms with Crippen LogP contribution in [-0.4, -0.2) is 37.7 Å². The molecule has 1 aliphatic rings. The van der Waals surface area contributed by atoms with Gasteiger partial charge >= 0.3 is 0 Å². The first-order chi connectivity index (χ1) is 9.60. The van der Waals surface area contributed by atoms with Crippen molar-refractivity contribution < 1.29 is 4.74 Å². The lowest BCUT2D eigenvalue weighted by atomic mass is 9.81. The van der Waals surface area contributed by atoms with Gasteiger partial charge in [-0.25, -0.2) is 0 Å². The van der Waals surface area contributed by atoms with E-state index in [1.807, 2.05) is 6.07 Å². The Balaban J connectivity index is 2.36. The lowest BCUT2D eigenvalue weighted by molar-refractivity contribution is 0.113. The van der Waals surface area contributed by atoms with Crippen LogP contribution in [-0.2, 0) is 10.3 Å². The fraction of sp³-hybridized carbons (Fsp3) is 0.562. The summed E-state index contributed by atoms with van der Waals surface area (Å²) in [5.74, 6) is 1.20. The van der Waals surface area contributed by atoms with Crippen LogP contribution >= 0.6 is 0 Å². The number of methoxy groups -OCH3 is 1. The molecular weight excluding hydrogens is 250 g/mol. The minimum atomic E-state index is -0.127. The Hall–Kier alpha value is -1.55. The van der Waals surface area contributed by atoms with Crippen LogP contribution in [0.2, 0.25) is 0 Å². The second-order valence-electron chi connectivity index (χ2n) is 5.81. The van der Waals surface area contributed by atoms with Crippen LogP contribution in [0.4, 0.5) is 0 Å². The minimum Gasteiger partial charge on any atom is -0.383 e. The average molecular weight is 275 g/mol. The van der Waals surface area contributed by atoms with Crippen molar-refractivity contribution in [1.29, 1.82) is 0 Å². The first-order valence-corrected chi connectivity index (χ1v) is 7.22. The molecule has 1 aromatic carbocycles. The van der Waals surface area contributed by atoms with Gasteiger partial charge in [0.15, 0.2) is 5.96 Å². The molecule has 2 N–H and O–H groups in total. The molecule has 0 amide bonds. The Morgan fingerprint density at radius 1 is 1.35 bits per heavy atom. The van der Waals surface area contributed by atoms with Crippen LogP contribution in [0.25, 0.3) is 0 Å². The van der Waals surface area contributed by atoms with Gasteiger partial charge in [-0.1, -0.05) is 44.2 Å². The molecule has 20 heavy (non-hydrogen) atoms. The van der Waals surface area contributed by atoms with E-state index in [0.29, 0.717) is 18.5 Å². The number of guanidine groups is 1. The molecule has 0 radical (unpaired) electrons. The van der Waals surface area contributed by atoms with E-state index in [9.17, 15) is 0 Å². The lowest BCUT2D eigenvalue weighted by Gasteiger charge is -2.41. The molecule has 1 aliphatic heterocycles. The molecule has 1 heterocycles. The molecule has 1 aromatic rings. The number of nitrogens with zero attached hydrogens (tertiary/aromatic N) is 2. The third kappa shape index (κ3) is 2.80. The van der Waals surface area contributed by atoms with Crippen LogP contribution in [0.3, 0.4) is 0 Å². The van der Waals surface area contributed by atoms with Crippen molar-refractivity contribution in [3.05, 3.63) is 35.9 Å². The third-order valence-electron chi connectivity index (χ3n) is 3.87. The first-order valence-electron chi connectivity index (χ1n) is 7.22. The number of benzene rings is 1. The van der Waals surface area contributed by atoms with E-state index >= 15 is 0 Å². The van der Waals surface area contributed by atoms with Crippen molar-refractivity contribution in [3.63, 3.8) is 0 Å². The quantitative estimate of drug-likeness (QED) is 0.866. The van der Waals surface area contributed by atoms with Crippen molar-refractivity contribution in [2.45, 2.75) is 25.8 Å². The smallest absolute Gasteiger partial charge is 0.192 e. The summed E-state index contributed by atoms with van der Waals surface area (Å²) < 4.78 is 5.23. The zero-order valence-corrected chi connectivity index (χ0v) is 12.7. The summed E-state index contributed by atoms with van der Waals surface area (Å²) in [5, 5.41) is 0. The van der Waals surface area contributed by atoms with Crippen LogP contribution in [0.1, 0.15) is 25.8 Å². The van der Waals surface area contributed by atoms with Gasteiger partial charge in [-0.2, -0.15) is 0 Å². The molecule has 0 fully saturated rings. The van der Waals surface area contributed by atoms with Gasteiger partial charge in [0, 0.05) is 13.7 Å². The molecule has 110 valence electrons. The second-order valence-corrected chi connectivity index (χ2v) is 5.81. The van der Waals surface area contributed by atoms with Crippen LogP contribution in [0.5, 0.6) is 0 Å². The van der Waals surface area contributed by atoms with E-state index in [0.717, 1.165) is 19.5 Å². The molecule has 0 bridgehead atoms. The van der Waals surface area contributed by atoms with Crippen LogP contribution in [0, 0.1) is 5.92 Å². The number of nitrogens with two attached hydrogens (primary N) is 1. The maximum Gasteiger partial charge on any atom is 0.192 e. The zero-order valence-electron chi connectivity index (χ0n) is 12.7. The van der Waals surface area contributed by atoms with Crippen LogP contribution in [0.15, 0.2) is 35.3 Å². The molecule has 0 saturated carbocycles. The molecule has 1 unspecified atom stereocenters. The fourth-order valence-electron chi connectivity index (χ4n) is 3.08. The summed E-state index contributed by atoms with van der Waals surface area (Å²) in [7, 11) is 1.72. The van der Waals surface area contributed by atoms with Gasteiger partial charge in [0.05, 0.1) is 18.7 Å². The van der Waals surface area contributed by atoms with Crippen molar-refractivity contribution in [1.82, 2.24) is 4.90 Å². The maximum atomic E-state index is 6.13. The monoisotopic (exact) mass is 275 g/mol. The van der Waals surface area contributed by atoms with E-state index in [2.05, 4.69) is 48.0 Å². The van der Waals surface area contributed by atoms with E-state index in [4.69, 9.17) is 10.5 Å². The molecule has 0 aromatic heterocycles. The topological polar surface area (TPSA) is 50.9 Å². The van der Waals surface area contributed by atoms with Gasteiger partial charge in [-0.05, 0) is 17.9 Å². The van der Waals surface area contributed by atoms with Crippen molar-refractivity contribution in [2.75, 3.05) is 26.8 Å². The first kappa shape index (κ1) is 14.9. The summed E-state index contributed by atoms with van der Waals surface area (Å²) in [4.78, 5) is 6.73. The highest BCUT2D eigenvalue weighted by Crippen LogP contribution is 2.38. The molecular formula is C16H25N3O. The molecule has 4 heteroatoms. The molecule has 1 atom stereocenters. The highest BCUT2D eigenvalue weighted by molar-refractivity contribution is 5.81. The second kappa shape index (κ2) is 6.27. The summed E-state index contributed by atoms with van der Waals surface area (Å²) in [6, 6.07) is 10.6. The van der Waals surface area contributed by atoms with E-state index < -0.39 is 0 Å². The minimum absolute atomic E-state index is 0.127. The SMILES string of the molecule is COCCN1C(N)=NCC1(CC(C)C)c1ccccc1. The van der Waals surface area contributed by atoms with E-state index in [1.54, 1.807) is 7.11 Å². The number of rotatable bonds is 6. The van der Waals surface area contributed by atoms with Crippen molar-refractivity contribution in [2.24, 2.45) is 16.6 Å². The van der Waals surface area contributed by atoms with Gasteiger partial charge < -0.3 is 15.4 Å². The summed E-state index contributed by atoms with van der Waals surface area (Å²) in [5.41, 5.74) is 7.29. The molecule has 4 nitrogen and oxygen atoms in total. The molecule has 2 rings (SSSR count). The fourth-order valence-corrected chi connectivity index (χ4v) is 3.08. The Kier molecular flexibility index (Phi) is 4.65. The predicted octanol–water partition coefficient (Wildman–Crippen LogP) is 2.20. The lowest BCUT2D eigenvalue weighted by Crippen LogP contribution is -2.51. The summed E-state index contributed by atoms with van der Waals surface area (Å²) >= 11 is 0. The Bertz CT molecular complexity index is 458. The van der Waals surface area contributed by atoms with E-state index in [-0.39, 0.29) is 5.54 Å². The van der Waals surface area contributed by atoms with Gasteiger partial charge in [-0.3, -0.25) is 4.99 Å². The number of ether oxygens (including phenoxy) is 1. The highest BCUT2D eigenvalue weighted by Gasteiger charge is 2.43. The largest absolute Gasteiger partial charge is 0.383 e. The average Bonchev–Trinajstić information content (AvgIpc) is 2.75. The zero-order chi connectivity index (χ0) is 14.6. The standard InChI is InChI=1S/C16H25N3O/c1-13(2)11-16(14-7-5-4-6-8-14)12-18-15(17)19(16)9-10-20-3/h4-8,13H,9-12H2,1-3H3,(H2,17,18). The third-order valence-corrected chi connectivity index (χ3v) is 3.87. The normalized spacial score (nSPS) is 22.4. The maximum absolute atomic E-state index is 6.13. The van der Waals surface area contributed by atoms with Crippen LogP contribution < -0.4 is 5.73 Å². The number of hydrogen-bond acceptors (Lipinski definition) is 4. The predicted molar refractivity (Wildman–Crippen MR) is 82.6 cm³/mol. The van der Waals surface area contributed by atoms with E-state index in [1.165, 1.54) is 5.56 Å². The van der Waals surface area contributed by atoms with Crippen molar-refractivity contribution in [3.8, 4) is 0 Å². The van der Waals surface area contributed by atoms with Crippen molar-refractivity contribution >= 4 is 5.96 Å². The van der Waals surface area contributed by atoms with Gasteiger partial charge in [-0.15, -0.1) is 0 Å². The molecule has 0 saturated heterocycles. The number of hydrogen-bond donors (Lipinski definition) is 1. The van der Waals surface area contributed by atoms with Gasteiger partial charge in [0.1, 0.15) is 0 Å². The summed E-state index contributed by atoms with van der Waals surface area (Å²) in [6.07, 6.45) is 1.03. The van der Waals surface area contributed by atoms with Gasteiger partial charge in [0.2, 0.25) is 0 Å². The Labute approximate surface area is 121 Å². The Morgan fingerprint density at radius 2 is 2.05 bits per heavy atom. The Morgan fingerprint density at radius 3 is 2.65 bits per heavy atom. The highest BCUT2D eigenvalue weighted by atomic mass is 16.5. The number of aliphatic imine (C=N–C) groups is 1. The molecule has 0 aliphatic carbocycles.